The average Bonchev–Trinajstić information content (AvgIpc) is 3.55. The van der Waals surface area contributed by atoms with Crippen LogP contribution in [0.3, 0.4) is 0 Å². The summed E-state index contributed by atoms with van der Waals surface area (Å²) in [5.74, 6) is -0.573. The van der Waals surface area contributed by atoms with Crippen LogP contribution in [0.5, 0.6) is 0 Å². The number of aliphatic hydroxyl groups is 1. The summed E-state index contributed by atoms with van der Waals surface area (Å²) in [5, 5.41) is 9.72. The van der Waals surface area contributed by atoms with Gasteiger partial charge in [0.1, 0.15) is 6.61 Å². The van der Waals surface area contributed by atoms with Gasteiger partial charge in [-0.3, -0.25) is 9.59 Å². The summed E-state index contributed by atoms with van der Waals surface area (Å²) in [6.07, 6.45) is 114. The van der Waals surface area contributed by atoms with Gasteiger partial charge in [0.05, 0.1) is 6.61 Å². The summed E-state index contributed by atoms with van der Waals surface area (Å²) in [6, 6.07) is 0. The maximum atomic E-state index is 12.4. The molecule has 5 nitrogen and oxygen atoms in total. The van der Waals surface area contributed by atoms with Crippen LogP contribution < -0.4 is 0 Å². The van der Waals surface area contributed by atoms with Crippen LogP contribution in [0.2, 0.25) is 0 Å². The molecule has 0 rings (SSSR count). The number of carbonyl (C=O) groups is 2. The molecule has 506 valence electrons. The van der Waals surface area contributed by atoms with Crippen LogP contribution in [0.15, 0.2) is 122 Å². The van der Waals surface area contributed by atoms with Crippen molar-refractivity contribution in [1.29, 1.82) is 0 Å². The highest BCUT2D eigenvalue weighted by molar-refractivity contribution is 5.70. The lowest BCUT2D eigenvalue weighted by molar-refractivity contribution is -0.161. The van der Waals surface area contributed by atoms with Gasteiger partial charge in [0.15, 0.2) is 6.10 Å². The van der Waals surface area contributed by atoms with Crippen LogP contribution in [0, 0.1) is 0 Å². The Balaban J connectivity index is 3.41. The van der Waals surface area contributed by atoms with Gasteiger partial charge < -0.3 is 14.6 Å². The molecule has 0 heterocycles. The molecule has 0 saturated heterocycles. The van der Waals surface area contributed by atoms with Gasteiger partial charge >= 0.3 is 11.9 Å². The van der Waals surface area contributed by atoms with Crippen molar-refractivity contribution in [2.45, 2.75) is 380 Å². The molecule has 0 bridgehead atoms. The van der Waals surface area contributed by atoms with E-state index in [-0.39, 0.29) is 25.2 Å². The van der Waals surface area contributed by atoms with Gasteiger partial charge in [0.25, 0.3) is 0 Å². The summed E-state index contributed by atoms with van der Waals surface area (Å²) >= 11 is 0. The van der Waals surface area contributed by atoms with Crippen LogP contribution in [-0.2, 0) is 19.1 Å². The molecule has 1 atom stereocenters. The molecule has 0 amide bonds. The Labute approximate surface area is 547 Å². The Morgan fingerprint density at radius 2 is 0.455 bits per heavy atom. The number of hydrogen-bond acceptors (Lipinski definition) is 5. The number of aliphatic hydroxyl groups excluding tert-OH is 1. The van der Waals surface area contributed by atoms with E-state index in [4.69, 9.17) is 9.47 Å². The SMILES string of the molecule is CC/C=C\C/C=C\C/C=C\C/C=C\C/C=C\CCCCCCCCCCCCCCCCCCCCCCCC(=O)OCC(CO)OC(=O)CCCCCCCCCCCCCCCCCCCCCCC/C=C\C/C=C\C/C=C\C/C=C\C/C=C\CC. The molecule has 0 aromatic heterocycles. The van der Waals surface area contributed by atoms with E-state index in [9.17, 15) is 14.7 Å². The van der Waals surface area contributed by atoms with E-state index in [1.54, 1.807) is 0 Å². The van der Waals surface area contributed by atoms with Crippen molar-refractivity contribution in [2.75, 3.05) is 13.2 Å². The minimum Gasteiger partial charge on any atom is -0.462 e. The quantitative estimate of drug-likeness (QED) is 0.0373. The van der Waals surface area contributed by atoms with E-state index in [1.165, 1.54) is 244 Å². The lowest BCUT2D eigenvalue weighted by Gasteiger charge is -2.15. The van der Waals surface area contributed by atoms with E-state index in [0.29, 0.717) is 12.8 Å². The number of unbranched alkanes of at least 4 members (excludes halogenated alkanes) is 42. The first-order valence-electron chi connectivity index (χ1n) is 38.1. The molecule has 0 fully saturated rings. The molecule has 0 saturated carbocycles. The molecule has 88 heavy (non-hydrogen) atoms. The van der Waals surface area contributed by atoms with E-state index < -0.39 is 6.10 Å². The van der Waals surface area contributed by atoms with Crippen molar-refractivity contribution in [2.24, 2.45) is 0 Å². The number of carbonyl (C=O) groups excluding carboxylic acids is 2. The number of esters is 2. The zero-order valence-corrected chi connectivity index (χ0v) is 58.2. The van der Waals surface area contributed by atoms with Crippen LogP contribution in [0.25, 0.3) is 0 Å². The highest BCUT2D eigenvalue weighted by Gasteiger charge is 2.16. The third-order valence-electron chi connectivity index (χ3n) is 16.8. The fraction of sp³-hybridized carbons (Fsp3) is 0.735. The second-order valence-corrected chi connectivity index (χ2v) is 25.3. The summed E-state index contributed by atoms with van der Waals surface area (Å²) in [4.78, 5) is 24.7. The summed E-state index contributed by atoms with van der Waals surface area (Å²) in [5.41, 5.74) is 0. The molecule has 0 radical (unpaired) electrons. The summed E-state index contributed by atoms with van der Waals surface area (Å²) < 4.78 is 10.8. The normalized spacial score (nSPS) is 12.9. The third kappa shape index (κ3) is 74.8. The maximum Gasteiger partial charge on any atom is 0.306 e. The van der Waals surface area contributed by atoms with Gasteiger partial charge in [-0.15, -0.1) is 0 Å². The maximum absolute atomic E-state index is 12.4. The molecule has 1 unspecified atom stereocenters. The first kappa shape index (κ1) is 84.3. The van der Waals surface area contributed by atoms with Gasteiger partial charge in [-0.25, -0.2) is 0 Å². The molecule has 0 aliphatic heterocycles. The second kappa shape index (κ2) is 77.5. The molecule has 0 spiro atoms. The van der Waals surface area contributed by atoms with Crippen molar-refractivity contribution in [3.05, 3.63) is 122 Å². The van der Waals surface area contributed by atoms with Gasteiger partial charge in [0.2, 0.25) is 0 Å². The molecule has 0 aromatic carbocycles. The molecule has 1 N–H and O–H groups in total. The van der Waals surface area contributed by atoms with Gasteiger partial charge in [-0.1, -0.05) is 379 Å². The fourth-order valence-corrected chi connectivity index (χ4v) is 11.1. The second-order valence-electron chi connectivity index (χ2n) is 25.3. The first-order valence-corrected chi connectivity index (χ1v) is 38.1. The predicted molar refractivity (Wildman–Crippen MR) is 389 cm³/mol. The zero-order chi connectivity index (χ0) is 63.3. The lowest BCUT2D eigenvalue weighted by Crippen LogP contribution is -2.28. The first-order chi connectivity index (χ1) is 43.6. The summed E-state index contributed by atoms with van der Waals surface area (Å²) in [7, 11) is 0. The molecule has 0 aromatic rings. The van der Waals surface area contributed by atoms with Crippen molar-refractivity contribution >= 4 is 11.9 Å². The lowest BCUT2D eigenvalue weighted by atomic mass is 10.0. The molecule has 5 heteroatoms. The Bertz CT molecular complexity index is 1720. The third-order valence-corrected chi connectivity index (χ3v) is 16.8. The molecule has 0 aliphatic carbocycles. The smallest absolute Gasteiger partial charge is 0.306 e. The van der Waals surface area contributed by atoms with Crippen LogP contribution >= 0.6 is 0 Å². The van der Waals surface area contributed by atoms with Gasteiger partial charge in [-0.2, -0.15) is 0 Å². The largest absolute Gasteiger partial charge is 0.462 e. The predicted octanol–water partition coefficient (Wildman–Crippen LogP) is 26.9. The van der Waals surface area contributed by atoms with Crippen LogP contribution in [0.4, 0.5) is 0 Å². The number of allylic oxidation sites excluding steroid dienone is 20. The Hall–Kier alpha value is -3.70. The van der Waals surface area contributed by atoms with E-state index in [2.05, 4.69) is 135 Å². The van der Waals surface area contributed by atoms with Crippen molar-refractivity contribution in [1.82, 2.24) is 0 Å². The van der Waals surface area contributed by atoms with Crippen LogP contribution in [0.1, 0.15) is 373 Å². The van der Waals surface area contributed by atoms with Crippen molar-refractivity contribution in [3.63, 3.8) is 0 Å². The Morgan fingerprint density at radius 3 is 0.682 bits per heavy atom. The van der Waals surface area contributed by atoms with Crippen LogP contribution in [-0.4, -0.2) is 36.4 Å². The minimum atomic E-state index is -0.776. The monoisotopic (exact) mass is 1220 g/mol. The number of ether oxygens (including phenoxy) is 2. The van der Waals surface area contributed by atoms with E-state index in [0.717, 1.165) is 103 Å². The molecular formula is C83H144O5. The highest BCUT2D eigenvalue weighted by Crippen LogP contribution is 2.19. The fourth-order valence-electron chi connectivity index (χ4n) is 11.1. The van der Waals surface area contributed by atoms with Gasteiger partial charge in [0, 0.05) is 12.8 Å². The highest BCUT2D eigenvalue weighted by atomic mass is 16.6. The Morgan fingerprint density at radius 1 is 0.261 bits per heavy atom. The summed E-state index contributed by atoms with van der Waals surface area (Å²) in [6.45, 7) is 3.95. The zero-order valence-electron chi connectivity index (χ0n) is 58.2. The van der Waals surface area contributed by atoms with E-state index >= 15 is 0 Å². The average molecular weight is 1220 g/mol. The van der Waals surface area contributed by atoms with Crippen molar-refractivity contribution in [3.8, 4) is 0 Å². The molecule has 0 aliphatic rings. The Kier molecular flexibility index (Phi) is 74.3. The standard InChI is InChI=1S/C83H144O5/c1-3-5-7-9-11-13-15-17-19-21-23-25-27-29-31-33-35-37-39-41-43-45-47-49-51-53-55-57-59-61-63-65-67-69-71-73-75-77-82(85)87-80-81(79-84)88-83(86)78-76-74-72-70-68-66-64-62-60-58-56-54-52-50-48-46-44-42-40-38-36-34-32-30-28-26-24-22-20-18-16-14-12-10-8-6-4-2/h5-8,11-14,17-20,23-26,29-32,81,84H,3-4,9-10,15-16,21-22,27-28,33-80H2,1-2H3/b7-5-,8-6-,13-11-,14-12-,19-17-,20-18-,25-23-,26-24-,31-29-,32-30-. The number of hydrogen-bond donors (Lipinski definition) is 1. The molecular weight excluding hydrogens is 1080 g/mol. The topological polar surface area (TPSA) is 72.8 Å². The van der Waals surface area contributed by atoms with Crippen molar-refractivity contribution < 1.29 is 24.2 Å². The van der Waals surface area contributed by atoms with E-state index in [1.807, 2.05) is 0 Å². The number of rotatable bonds is 70. The minimum absolute atomic E-state index is 0.0641. The van der Waals surface area contributed by atoms with Gasteiger partial charge in [-0.05, 0) is 103 Å².